The average Bonchev–Trinajstić information content (AvgIpc) is 2.67. The summed E-state index contributed by atoms with van der Waals surface area (Å²) in [6.07, 6.45) is 10.1. The summed E-state index contributed by atoms with van der Waals surface area (Å²) in [5.74, 6) is 0.356. The predicted molar refractivity (Wildman–Crippen MR) is 108 cm³/mol. The van der Waals surface area contributed by atoms with Crippen molar-refractivity contribution in [1.82, 2.24) is 0 Å². The van der Waals surface area contributed by atoms with E-state index in [-0.39, 0.29) is 10.8 Å². The molecule has 0 aliphatic heterocycles. The second kappa shape index (κ2) is 8.55. The molecule has 1 nitrogen and oxygen atoms in total. The molecule has 0 spiro atoms. The third-order valence-corrected chi connectivity index (χ3v) is 5.20. The van der Waals surface area contributed by atoms with Crippen LogP contribution >= 0.6 is 11.6 Å². The Kier molecular flexibility index (Phi) is 6.16. The van der Waals surface area contributed by atoms with Crippen LogP contribution in [-0.2, 0) is 0 Å². The van der Waals surface area contributed by atoms with Gasteiger partial charge < -0.3 is 4.74 Å². The summed E-state index contributed by atoms with van der Waals surface area (Å²) in [4.78, 5) is 0. The van der Waals surface area contributed by atoms with E-state index in [1.807, 2.05) is 25.1 Å². The number of ether oxygens (including phenoxy) is 1. The van der Waals surface area contributed by atoms with E-state index in [4.69, 9.17) is 16.3 Å². The maximum atomic E-state index is 14.3. The van der Waals surface area contributed by atoms with Crippen molar-refractivity contribution in [3.05, 3.63) is 71.0 Å². The summed E-state index contributed by atoms with van der Waals surface area (Å²) in [6.45, 7) is 4.30. The highest BCUT2D eigenvalue weighted by molar-refractivity contribution is 6.33. The molecule has 0 saturated carbocycles. The molecule has 0 saturated heterocycles. The molecular formula is C23H24ClFO. The van der Waals surface area contributed by atoms with Crippen molar-refractivity contribution >= 4 is 17.2 Å². The summed E-state index contributed by atoms with van der Waals surface area (Å²) < 4.78 is 19.6. The SMILES string of the molecule is CC=CC1CC=C(c2ccc(-c3ccc(OCC)c(F)c3Cl)cc2)CC1. The van der Waals surface area contributed by atoms with Gasteiger partial charge in [0.2, 0.25) is 0 Å². The number of hydrogen-bond donors (Lipinski definition) is 0. The highest BCUT2D eigenvalue weighted by Gasteiger charge is 2.15. The fourth-order valence-electron chi connectivity index (χ4n) is 3.45. The van der Waals surface area contributed by atoms with E-state index in [9.17, 15) is 4.39 Å². The van der Waals surface area contributed by atoms with Gasteiger partial charge in [-0.15, -0.1) is 0 Å². The van der Waals surface area contributed by atoms with E-state index in [1.165, 1.54) is 17.6 Å². The first-order chi connectivity index (χ1) is 12.6. The summed E-state index contributed by atoms with van der Waals surface area (Å²) in [5.41, 5.74) is 4.21. The van der Waals surface area contributed by atoms with Crippen LogP contribution in [-0.4, -0.2) is 6.61 Å². The Morgan fingerprint density at radius 3 is 2.50 bits per heavy atom. The molecule has 1 aliphatic carbocycles. The number of benzene rings is 2. The molecule has 0 N–H and O–H groups in total. The van der Waals surface area contributed by atoms with E-state index in [2.05, 4.69) is 37.3 Å². The first-order valence-electron chi connectivity index (χ1n) is 9.17. The van der Waals surface area contributed by atoms with E-state index in [1.54, 1.807) is 6.07 Å². The summed E-state index contributed by atoms with van der Waals surface area (Å²) >= 11 is 6.23. The zero-order valence-corrected chi connectivity index (χ0v) is 16.0. The highest BCUT2D eigenvalue weighted by atomic mass is 35.5. The van der Waals surface area contributed by atoms with Crippen molar-refractivity contribution in [2.75, 3.05) is 6.61 Å². The van der Waals surface area contributed by atoms with Gasteiger partial charge in [0.25, 0.3) is 0 Å². The van der Waals surface area contributed by atoms with Crippen LogP contribution in [0.5, 0.6) is 5.75 Å². The lowest BCUT2D eigenvalue weighted by atomic mass is 9.86. The fourth-order valence-corrected chi connectivity index (χ4v) is 3.71. The van der Waals surface area contributed by atoms with Crippen molar-refractivity contribution in [3.63, 3.8) is 0 Å². The molecule has 136 valence electrons. The van der Waals surface area contributed by atoms with Crippen LogP contribution in [0, 0.1) is 11.7 Å². The topological polar surface area (TPSA) is 9.23 Å². The zero-order chi connectivity index (χ0) is 18.5. The van der Waals surface area contributed by atoms with Gasteiger partial charge in [0.1, 0.15) is 0 Å². The molecule has 0 amide bonds. The van der Waals surface area contributed by atoms with E-state index >= 15 is 0 Å². The van der Waals surface area contributed by atoms with Gasteiger partial charge in [-0.25, -0.2) is 4.39 Å². The van der Waals surface area contributed by atoms with Gasteiger partial charge in [-0.1, -0.05) is 54.1 Å². The van der Waals surface area contributed by atoms with Crippen molar-refractivity contribution in [1.29, 1.82) is 0 Å². The Bertz CT molecular complexity index is 821. The van der Waals surface area contributed by atoms with Crippen molar-refractivity contribution in [3.8, 4) is 16.9 Å². The Morgan fingerprint density at radius 2 is 1.88 bits per heavy atom. The quantitative estimate of drug-likeness (QED) is 0.501. The third kappa shape index (κ3) is 4.02. The van der Waals surface area contributed by atoms with Crippen LogP contribution in [0.2, 0.25) is 5.02 Å². The Hall–Kier alpha value is -2.06. The molecular weight excluding hydrogens is 347 g/mol. The molecule has 2 aromatic carbocycles. The second-order valence-electron chi connectivity index (χ2n) is 6.54. The Morgan fingerprint density at radius 1 is 1.15 bits per heavy atom. The van der Waals surface area contributed by atoms with Crippen LogP contribution in [0.3, 0.4) is 0 Å². The van der Waals surface area contributed by atoms with Gasteiger partial charge >= 0.3 is 0 Å². The monoisotopic (exact) mass is 370 g/mol. The van der Waals surface area contributed by atoms with Gasteiger partial charge in [-0.3, -0.25) is 0 Å². The summed E-state index contributed by atoms with van der Waals surface area (Å²) in [7, 11) is 0. The summed E-state index contributed by atoms with van der Waals surface area (Å²) in [5, 5.41) is 0.106. The van der Waals surface area contributed by atoms with Gasteiger partial charge in [0, 0.05) is 5.56 Å². The van der Waals surface area contributed by atoms with E-state index in [0.29, 0.717) is 18.1 Å². The van der Waals surface area contributed by atoms with Crippen LogP contribution in [0.25, 0.3) is 16.7 Å². The standard InChI is InChI=1S/C23H24ClFO/c1-3-5-16-6-8-17(9-7-16)18-10-12-19(13-11-18)20-14-15-21(26-4-2)23(25)22(20)24/h3,5,8,10-16H,4,6-7,9H2,1-2H3. The van der Waals surface area contributed by atoms with Crippen molar-refractivity contribution in [2.24, 2.45) is 5.92 Å². The lowest BCUT2D eigenvalue weighted by Gasteiger charge is -2.19. The molecule has 3 rings (SSSR count). The molecule has 26 heavy (non-hydrogen) atoms. The maximum Gasteiger partial charge on any atom is 0.184 e. The van der Waals surface area contributed by atoms with Gasteiger partial charge in [0.05, 0.1) is 11.6 Å². The predicted octanol–water partition coefficient (Wildman–Crippen LogP) is 7.30. The number of halogens is 2. The number of rotatable bonds is 5. The van der Waals surface area contributed by atoms with Crippen LogP contribution < -0.4 is 4.74 Å². The minimum absolute atomic E-state index is 0.106. The zero-order valence-electron chi connectivity index (χ0n) is 15.3. The lowest BCUT2D eigenvalue weighted by Crippen LogP contribution is -2.02. The molecule has 0 aromatic heterocycles. The highest BCUT2D eigenvalue weighted by Crippen LogP contribution is 2.36. The maximum absolute atomic E-state index is 14.3. The second-order valence-corrected chi connectivity index (χ2v) is 6.92. The van der Waals surface area contributed by atoms with E-state index < -0.39 is 5.82 Å². The fraction of sp³-hybridized carbons (Fsp3) is 0.304. The molecule has 1 atom stereocenters. The normalized spacial score (nSPS) is 17.4. The van der Waals surface area contributed by atoms with Crippen molar-refractivity contribution in [2.45, 2.75) is 33.1 Å². The van der Waals surface area contributed by atoms with Gasteiger partial charge in [-0.05, 0) is 67.9 Å². The third-order valence-electron chi connectivity index (χ3n) is 4.83. The number of allylic oxidation sites excluding steroid dienone is 4. The minimum Gasteiger partial charge on any atom is -0.491 e. The first kappa shape index (κ1) is 18.7. The lowest BCUT2D eigenvalue weighted by molar-refractivity contribution is 0.322. The van der Waals surface area contributed by atoms with Crippen LogP contribution in [0.15, 0.2) is 54.6 Å². The molecule has 0 radical (unpaired) electrons. The van der Waals surface area contributed by atoms with Crippen LogP contribution in [0.1, 0.15) is 38.7 Å². The Labute approximate surface area is 160 Å². The van der Waals surface area contributed by atoms with Gasteiger partial charge in [0.15, 0.2) is 11.6 Å². The van der Waals surface area contributed by atoms with Crippen molar-refractivity contribution < 1.29 is 9.13 Å². The minimum atomic E-state index is -0.500. The Balaban J connectivity index is 1.81. The number of hydrogen-bond acceptors (Lipinski definition) is 1. The molecule has 3 heteroatoms. The van der Waals surface area contributed by atoms with Gasteiger partial charge in [-0.2, -0.15) is 0 Å². The van der Waals surface area contributed by atoms with Crippen LogP contribution in [0.4, 0.5) is 4.39 Å². The first-order valence-corrected chi connectivity index (χ1v) is 9.55. The van der Waals surface area contributed by atoms with E-state index in [0.717, 1.165) is 18.4 Å². The molecule has 2 aromatic rings. The molecule has 0 heterocycles. The summed E-state index contributed by atoms with van der Waals surface area (Å²) in [6, 6.07) is 11.7. The molecule has 0 bridgehead atoms. The largest absolute Gasteiger partial charge is 0.491 e. The smallest absolute Gasteiger partial charge is 0.184 e. The molecule has 0 fully saturated rings. The molecule has 1 aliphatic rings. The average molecular weight is 371 g/mol. The molecule has 1 unspecified atom stereocenters.